The van der Waals surface area contributed by atoms with Gasteiger partial charge < -0.3 is 20.6 Å². The Bertz CT molecular complexity index is 631. The Kier molecular flexibility index (Phi) is 4.53. The van der Waals surface area contributed by atoms with Crippen LogP contribution < -0.4 is 11.1 Å². The third-order valence-corrected chi connectivity index (χ3v) is 3.50. The number of hydrogen-bond acceptors (Lipinski definition) is 4. The number of amides is 1. The summed E-state index contributed by atoms with van der Waals surface area (Å²) in [6.07, 6.45) is 1.58. The summed E-state index contributed by atoms with van der Waals surface area (Å²) in [6.45, 7) is 4.82. The molecule has 0 bridgehead atoms. The van der Waals surface area contributed by atoms with Crippen LogP contribution in [0.2, 0.25) is 0 Å². The highest BCUT2D eigenvalue weighted by molar-refractivity contribution is 5.96. The van der Waals surface area contributed by atoms with Gasteiger partial charge in [-0.05, 0) is 42.5 Å². The maximum Gasteiger partial charge on any atom is 0.287 e. The fraction of sp³-hybridized carbons (Fsp3) is 0.438. The van der Waals surface area contributed by atoms with Crippen LogP contribution in [0.4, 0.5) is 5.69 Å². The number of carbonyl (C=O) groups is 1. The summed E-state index contributed by atoms with van der Waals surface area (Å²) in [5.74, 6) is 0.0513. The van der Waals surface area contributed by atoms with E-state index in [4.69, 9.17) is 15.3 Å². The molecule has 4 N–H and O–H groups in total. The van der Waals surface area contributed by atoms with E-state index in [1.54, 1.807) is 24.3 Å². The topological polar surface area (TPSA) is 88.5 Å². The van der Waals surface area contributed by atoms with Crippen LogP contribution in [-0.4, -0.2) is 24.2 Å². The van der Waals surface area contributed by atoms with Gasteiger partial charge in [0, 0.05) is 24.2 Å². The molecular weight excluding hydrogens is 268 g/mol. The number of furan rings is 1. The Morgan fingerprint density at radius 1 is 1.38 bits per heavy atom. The number of benzene rings is 1. The van der Waals surface area contributed by atoms with Crippen LogP contribution in [0.25, 0.3) is 11.0 Å². The minimum Gasteiger partial charge on any atom is -0.451 e. The van der Waals surface area contributed by atoms with E-state index in [0.29, 0.717) is 17.8 Å². The average molecular weight is 290 g/mol. The van der Waals surface area contributed by atoms with Gasteiger partial charge in [0.2, 0.25) is 0 Å². The number of nitrogens with two attached hydrogens (primary N) is 1. The first-order valence-corrected chi connectivity index (χ1v) is 7.09. The van der Waals surface area contributed by atoms with Crippen LogP contribution in [0.5, 0.6) is 0 Å². The number of fused-ring (bicyclic) bond motifs is 1. The van der Waals surface area contributed by atoms with Crippen molar-refractivity contribution >= 4 is 22.6 Å². The van der Waals surface area contributed by atoms with Crippen molar-refractivity contribution in [1.82, 2.24) is 5.32 Å². The van der Waals surface area contributed by atoms with Crippen LogP contribution in [0.15, 0.2) is 28.7 Å². The monoisotopic (exact) mass is 290 g/mol. The molecule has 1 aromatic carbocycles. The highest BCUT2D eigenvalue weighted by Crippen LogP contribution is 2.23. The number of aliphatic hydroxyl groups is 1. The quantitative estimate of drug-likeness (QED) is 0.713. The van der Waals surface area contributed by atoms with Crippen LogP contribution >= 0.6 is 0 Å². The molecule has 0 fully saturated rings. The molecular formula is C16H22N2O3. The van der Waals surface area contributed by atoms with Gasteiger partial charge in [-0.2, -0.15) is 0 Å². The number of aliphatic hydroxyl groups excluding tert-OH is 1. The third kappa shape index (κ3) is 3.98. The number of anilines is 1. The molecule has 0 unspecified atom stereocenters. The zero-order chi connectivity index (χ0) is 15.5. The lowest BCUT2D eigenvalue weighted by molar-refractivity contribution is 0.0907. The fourth-order valence-corrected chi connectivity index (χ4v) is 2.23. The molecule has 5 nitrogen and oxygen atoms in total. The highest BCUT2D eigenvalue weighted by Gasteiger charge is 2.20. The van der Waals surface area contributed by atoms with E-state index in [1.807, 2.05) is 0 Å². The van der Waals surface area contributed by atoms with Crippen LogP contribution in [0.1, 0.15) is 37.2 Å². The normalized spacial score (nSPS) is 11.8. The predicted molar refractivity (Wildman–Crippen MR) is 83.1 cm³/mol. The molecule has 0 aliphatic heterocycles. The predicted octanol–water partition coefficient (Wildman–Crippen LogP) is 2.54. The molecule has 0 spiro atoms. The molecule has 5 heteroatoms. The minimum atomic E-state index is -0.234. The number of nitrogens with one attached hydrogen (secondary N) is 1. The van der Waals surface area contributed by atoms with E-state index in [-0.39, 0.29) is 23.7 Å². The Morgan fingerprint density at radius 2 is 2.14 bits per heavy atom. The van der Waals surface area contributed by atoms with Gasteiger partial charge in [-0.25, -0.2) is 0 Å². The molecule has 0 aliphatic rings. The molecule has 1 heterocycles. The Hall–Kier alpha value is -2.01. The third-order valence-electron chi connectivity index (χ3n) is 3.50. The van der Waals surface area contributed by atoms with E-state index in [2.05, 4.69) is 19.2 Å². The van der Waals surface area contributed by atoms with E-state index >= 15 is 0 Å². The lowest BCUT2D eigenvalue weighted by atomic mass is 9.88. The molecule has 1 amide bonds. The SMILES string of the molecule is CC(C)(CCCO)CNC(=O)c1cc2cc(N)ccc2o1. The summed E-state index contributed by atoms with van der Waals surface area (Å²) in [5, 5.41) is 12.6. The number of nitrogen functional groups attached to an aromatic ring is 1. The van der Waals surface area contributed by atoms with Crippen molar-refractivity contribution in [3.8, 4) is 0 Å². The zero-order valence-electron chi connectivity index (χ0n) is 12.5. The lowest BCUT2D eigenvalue weighted by Gasteiger charge is -2.24. The minimum absolute atomic E-state index is 0.0607. The van der Waals surface area contributed by atoms with Gasteiger partial charge in [-0.3, -0.25) is 4.79 Å². The van der Waals surface area contributed by atoms with Gasteiger partial charge in [-0.15, -0.1) is 0 Å². The number of carbonyl (C=O) groups excluding carboxylic acids is 1. The molecule has 0 aliphatic carbocycles. The lowest BCUT2D eigenvalue weighted by Crippen LogP contribution is -2.33. The smallest absolute Gasteiger partial charge is 0.287 e. The maximum atomic E-state index is 12.1. The van der Waals surface area contributed by atoms with E-state index < -0.39 is 0 Å². The summed E-state index contributed by atoms with van der Waals surface area (Å²) in [5.41, 5.74) is 6.93. The largest absolute Gasteiger partial charge is 0.451 e. The highest BCUT2D eigenvalue weighted by atomic mass is 16.3. The molecule has 1 aromatic heterocycles. The second-order valence-corrected chi connectivity index (χ2v) is 6.08. The summed E-state index contributed by atoms with van der Waals surface area (Å²) in [6, 6.07) is 6.97. The molecule has 2 aromatic rings. The van der Waals surface area contributed by atoms with Crippen molar-refractivity contribution in [2.24, 2.45) is 5.41 Å². The van der Waals surface area contributed by atoms with Gasteiger partial charge in [0.25, 0.3) is 5.91 Å². The average Bonchev–Trinajstić information content (AvgIpc) is 2.85. The van der Waals surface area contributed by atoms with Gasteiger partial charge in [0.15, 0.2) is 5.76 Å². The maximum absolute atomic E-state index is 12.1. The van der Waals surface area contributed by atoms with Gasteiger partial charge in [0.05, 0.1) is 0 Å². The van der Waals surface area contributed by atoms with Crippen molar-refractivity contribution < 1.29 is 14.3 Å². The van der Waals surface area contributed by atoms with Crippen LogP contribution in [-0.2, 0) is 0 Å². The van der Waals surface area contributed by atoms with Crippen molar-refractivity contribution in [3.63, 3.8) is 0 Å². The van der Waals surface area contributed by atoms with E-state index in [0.717, 1.165) is 18.2 Å². The molecule has 114 valence electrons. The second kappa shape index (κ2) is 6.18. The summed E-state index contributed by atoms with van der Waals surface area (Å²) in [4.78, 5) is 12.1. The first kappa shape index (κ1) is 15.4. The summed E-state index contributed by atoms with van der Waals surface area (Å²) in [7, 11) is 0. The molecule has 0 atom stereocenters. The van der Waals surface area contributed by atoms with Gasteiger partial charge in [-0.1, -0.05) is 13.8 Å². The molecule has 2 rings (SSSR count). The van der Waals surface area contributed by atoms with Gasteiger partial charge in [0.1, 0.15) is 5.58 Å². The molecule has 21 heavy (non-hydrogen) atoms. The zero-order valence-corrected chi connectivity index (χ0v) is 12.5. The fourth-order valence-electron chi connectivity index (χ4n) is 2.23. The van der Waals surface area contributed by atoms with Crippen molar-refractivity contribution in [3.05, 3.63) is 30.0 Å². The van der Waals surface area contributed by atoms with Crippen molar-refractivity contribution in [1.29, 1.82) is 0 Å². The van der Waals surface area contributed by atoms with E-state index in [9.17, 15) is 4.79 Å². The van der Waals surface area contributed by atoms with Crippen LogP contribution in [0.3, 0.4) is 0 Å². The van der Waals surface area contributed by atoms with E-state index in [1.165, 1.54) is 0 Å². The Labute approximate surface area is 124 Å². The summed E-state index contributed by atoms with van der Waals surface area (Å²) >= 11 is 0. The number of rotatable bonds is 6. The standard InChI is InChI=1S/C16H22N2O3/c1-16(2,6-3-7-19)10-18-15(20)14-9-11-8-12(17)4-5-13(11)21-14/h4-5,8-9,19H,3,6-7,10,17H2,1-2H3,(H,18,20). The first-order valence-electron chi connectivity index (χ1n) is 7.09. The van der Waals surface area contributed by atoms with Crippen molar-refractivity contribution in [2.45, 2.75) is 26.7 Å². The second-order valence-electron chi connectivity index (χ2n) is 6.08. The molecule has 0 saturated heterocycles. The van der Waals surface area contributed by atoms with Crippen LogP contribution in [0, 0.1) is 5.41 Å². The van der Waals surface area contributed by atoms with Gasteiger partial charge >= 0.3 is 0 Å². The first-order chi connectivity index (χ1) is 9.91. The Morgan fingerprint density at radius 3 is 2.86 bits per heavy atom. The van der Waals surface area contributed by atoms with Crippen molar-refractivity contribution in [2.75, 3.05) is 18.9 Å². The number of hydrogen-bond donors (Lipinski definition) is 3. The summed E-state index contributed by atoms with van der Waals surface area (Å²) < 4.78 is 5.52. The Balaban J connectivity index is 2.02. The molecule has 0 saturated carbocycles. The molecule has 0 radical (unpaired) electrons.